The zero-order valence-corrected chi connectivity index (χ0v) is 11.1. The second-order valence-corrected chi connectivity index (χ2v) is 5.77. The van der Waals surface area contributed by atoms with Gasteiger partial charge < -0.3 is 10.4 Å². The highest BCUT2D eigenvalue weighted by atomic mass is 32.2. The van der Waals surface area contributed by atoms with Crippen LogP contribution in [0.25, 0.3) is 0 Å². The van der Waals surface area contributed by atoms with Crippen LogP contribution in [0.1, 0.15) is 16.8 Å². The van der Waals surface area contributed by atoms with Crippen molar-refractivity contribution in [3.05, 3.63) is 29.6 Å². The summed E-state index contributed by atoms with van der Waals surface area (Å²) in [5, 5.41) is 11.8. The summed E-state index contributed by atoms with van der Waals surface area (Å²) in [6.07, 6.45) is 1.42. The second kappa shape index (κ2) is 6.48. The summed E-state index contributed by atoms with van der Waals surface area (Å²) in [6.45, 7) is 0.394. The monoisotopic (exact) mass is 290 g/mol. The second-order valence-electron chi connectivity index (χ2n) is 3.94. The number of carbonyl (C=O) groups is 1. The van der Waals surface area contributed by atoms with Crippen molar-refractivity contribution < 1.29 is 22.7 Å². The lowest BCUT2D eigenvalue weighted by molar-refractivity contribution is 0.0950. The van der Waals surface area contributed by atoms with Crippen LogP contribution in [0.2, 0.25) is 0 Å². The van der Waals surface area contributed by atoms with Crippen LogP contribution in [0.3, 0.4) is 0 Å². The number of hydrogen-bond donors (Lipinski definition) is 3. The van der Waals surface area contributed by atoms with Gasteiger partial charge in [0.25, 0.3) is 5.91 Å². The lowest BCUT2D eigenvalue weighted by Crippen LogP contribution is -2.29. The Morgan fingerprint density at radius 3 is 2.68 bits per heavy atom. The normalized spacial score (nSPS) is 11.3. The Balaban J connectivity index is 2.42. The molecule has 106 valence electrons. The number of hydrogen-bond acceptors (Lipinski definition) is 4. The van der Waals surface area contributed by atoms with Crippen LogP contribution in [-0.4, -0.2) is 38.8 Å². The maximum absolute atomic E-state index is 12.9. The molecule has 1 aromatic carbocycles. The Morgan fingerprint density at radius 1 is 1.37 bits per heavy atom. The smallest absolute Gasteiger partial charge is 0.255 e. The van der Waals surface area contributed by atoms with Crippen LogP contribution in [0, 0.1) is 5.82 Å². The van der Waals surface area contributed by atoms with Crippen molar-refractivity contribution in [3.8, 4) is 5.75 Å². The predicted octanol–water partition coefficient (Wildman–Crippen LogP) is 0.200. The van der Waals surface area contributed by atoms with Crippen LogP contribution in [-0.2, 0) is 10.0 Å². The Bertz CT molecular complexity index is 560. The molecule has 0 spiro atoms. The molecule has 3 N–H and O–H groups in total. The molecule has 0 aliphatic carbocycles. The molecule has 0 saturated heterocycles. The average Bonchev–Trinajstić information content (AvgIpc) is 2.30. The third-order valence-electron chi connectivity index (χ3n) is 2.21. The number of rotatable bonds is 6. The van der Waals surface area contributed by atoms with E-state index in [1.165, 1.54) is 0 Å². The highest BCUT2D eigenvalue weighted by molar-refractivity contribution is 7.88. The quantitative estimate of drug-likeness (QED) is 0.652. The summed E-state index contributed by atoms with van der Waals surface area (Å²) >= 11 is 0. The molecule has 0 aromatic heterocycles. The van der Waals surface area contributed by atoms with Crippen molar-refractivity contribution in [1.82, 2.24) is 10.0 Å². The number of benzene rings is 1. The zero-order valence-electron chi connectivity index (χ0n) is 10.3. The lowest BCUT2D eigenvalue weighted by atomic mass is 10.2. The lowest BCUT2D eigenvalue weighted by Gasteiger charge is -2.07. The van der Waals surface area contributed by atoms with Crippen LogP contribution in [0.5, 0.6) is 5.75 Å². The minimum absolute atomic E-state index is 0.156. The summed E-state index contributed by atoms with van der Waals surface area (Å²) in [5.41, 5.74) is -0.156. The Labute approximate surface area is 110 Å². The summed E-state index contributed by atoms with van der Waals surface area (Å²) in [7, 11) is -3.24. The highest BCUT2D eigenvalue weighted by Crippen LogP contribution is 2.17. The number of nitrogens with one attached hydrogen (secondary N) is 2. The molecule has 1 rings (SSSR count). The molecule has 19 heavy (non-hydrogen) atoms. The molecule has 6 nitrogen and oxygen atoms in total. The predicted molar refractivity (Wildman–Crippen MR) is 67.9 cm³/mol. The Hall–Kier alpha value is -1.67. The maximum atomic E-state index is 12.9. The molecule has 0 atom stereocenters. The topological polar surface area (TPSA) is 95.5 Å². The first kappa shape index (κ1) is 15.4. The van der Waals surface area contributed by atoms with E-state index in [-0.39, 0.29) is 24.4 Å². The van der Waals surface area contributed by atoms with E-state index in [1.54, 1.807) is 0 Å². The third kappa shape index (κ3) is 5.66. The standard InChI is InChI=1S/C11H15FN2O4S/c1-19(17,18)14-6-2-5-13-11(16)9-7-8(12)3-4-10(9)15/h3-4,7,14-15H,2,5-6H2,1H3,(H,13,16). The number of sulfonamides is 1. The highest BCUT2D eigenvalue weighted by Gasteiger charge is 2.11. The fraction of sp³-hybridized carbons (Fsp3) is 0.364. The molecule has 8 heteroatoms. The van der Waals surface area contributed by atoms with Gasteiger partial charge in [-0.05, 0) is 24.6 Å². The molecule has 0 bridgehead atoms. The van der Waals surface area contributed by atoms with Crippen LogP contribution in [0.15, 0.2) is 18.2 Å². The summed E-state index contributed by atoms with van der Waals surface area (Å²) in [4.78, 5) is 11.6. The Kier molecular flexibility index (Phi) is 5.25. The average molecular weight is 290 g/mol. The van der Waals surface area contributed by atoms with Gasteiger partial charge in [0.2, 0.25) is 10.0 Å². The van der Waals surface area contributed by atoms with E-state index in [1.807, 2.05) is 0 Å². The fourth-order valence-electron chi connectivity index (χ4n) is 1.33. The van der Waals surface area contributed by atoms with Crippen molar-refractivity contribution in [1.29, 1.82) is 0 Å². The molecule has 0 unspecified atom stereocenters. The van der Waals surface area contributed by atoms with Crippen LogP contribution < -0.4 is 10.0 Å². The van der Waals surface area contributed by atoms with E-state index in [4.69, 9.17) is 0 Å². The van der Waals surface area contributed by atoms with Gasteiger partial charge in [-0.25, -0.2) is 17.5 Å². The van der Waals surface area contributed by atoms with Crippen LogP contribution in [0.4, 0.5) is 4.39 Å². The van der Waals surface area contributed by atoms with E-state index in [9.17, 15) is 22.7 Å². The largest absolute Gasteiger partial charge is 0.507 e. The minimum Gasteiger partial charge on any atom is -0.507 e. The van der Waals surface area contributed by atoms with Crippen LogP contribution >= 0.6 is 0 Å². The Morgan fingerprint density at radius 2 is 2.05 bits per heavy atom. The number of carbonyl (C=O) groups excluding carboxylic acids is 1. The molecule has 0 heterocycles. The van der Waals surface area contributed by atoms with Gasteiger partial charge in [0.15, 0.2) is 0 Å². The number of aromatic hydroxyl groups is 1. The molecular formula is C11H15FN2O4S. The molecule has 1 amide bonds. The van der Waals surface area contributed by atoms with Crippen molar-refractivity contribution in [3.63, 3.8) is 0 Å². The number of phenols is 1. The van der Waals surface area contributed by atoms with E-state index in [0.717, 1.165) is 24.5 Å². The molecule has 0 saturated carbocycles. The summed E-state index contributed by atoms with van der Waals surface area (Å²) in [6, 6.07) is 3.07. The number of phenolic OH excluding ortho intramolecular Hbond substituents is 1. The first-order chi connectivity index (χ1) is 8.79. The third-order valence-corrected chi connectivity index (χ3v) is 2.94. The van der Waals surface area contributed by atoms with Gasteiger partial charge in [-0.1, -0.05) is 0 Å². The number of halogens is 1. The number of amides is 1. The van der Waals surface area contributed by atoms with Crippen molar-refractivity contribution >= 4 is 15.9 Å². The van der Waals surface area contributed by atoms with E-state index >= 15 is 0 Å². The SMILES string of the molecule is CS(=O)(=O)NCCCNC(=O)c1cc(F)ccc1O. The van der Waals surface area contributed by atoms with E-state index in [0.29, 0.717) is 6.42 Å². The zero-order chi connectivity index (χ0) is 14.5. The molecule has 1 aromatic rings. The summed E-state index contributed by atoms with van der Waals surface area (Å²) in [5.74, 6) is -1.55. The molecule has 0 radical (unpaired) electrons. The van der Waals surface area contributed by atoms with Crippen molar-refractivity contribution in [2.45, 2.75) is 6.42 Å². The summed E-state index contributed by atoms with van der Waals surface area (Å²) < 4.78 is 36.7. The molecule has 0 fully saturated rings. The van der Waals surface area contributed by atoms with Gasteiger partial charge in [0.1, 0.15) is 11.6 Å². The first-order valence-electron chi connectivity index (χ1n) is 5.51. The fourth-order valence-corrected chi connectivity index (χ4v) is 1.85. The van der Waals surface area contributed by atoms with Gasteiger partial charge in [-0.3, -0.25) is 4.79 Å². The maximum Gasteiger partial charge on any atom is 0.255 e. The van der Waals surface area contributed by atoms with Gasteiger partial charge >= 0.3 is 0 Å². The minimum atomic E-state index is -3.24. The first-order valence-corrected chi connectivity index (χ1v) is 7.40. The molecule has 0 aliphatic rings. The van der Waals surface area contributed by atoms with E-state index < -0.39 is 21.7 Å². The van der Waals surface area contributed by atoms with Gasteiger partial charge in [-0.15, -0.1) is 0 Å². The van der Waals surface area contributed by atoms with Gasteiger partial charge in [-0.2, -0.15) is 0 Å². The van der Waals surface area contributed by atoms with Gasteiger partial charge in [0, 0.05) is 13.1 Å². The molecular weight excluding hydrogens is 275 g/mol. The van der Waals surface area contributed by atoms with Crippen molar-refractivity contribution in [2.75, 3.05) is 19.3 Å². The van der Waals surface area contributed by atoms with Crippen molar-refractivity contribution in [2.24, 2.45) is 0 Å². The molecule has 0 aliphatic heterocycles. The van der Waals surface area contributed by atoms with Gasteiger partial charge in [0.05, 0.1) is 11.8 Å². The van der Waals surface area contributed by atoms with E-state index in [2.05, 4.69) is 10.0 Å².